The summed E-state index contributed by atoms with van der Waals surface area (Å²) in [7, 11) is 1.93. The third kappa shape index (κ3) is 3.12. The molecule has 5 heteroatoms. The van der Waals surface area contributed by atoms with Crippen molar-refractivity contribution in [3.8, 4) is 6.07 Å². The van der Waals surface area contributed by atoms with Crippen LogP contribution in [-0.4, -0.2) is 36.0 Å². The third-order valence-corrected chi connectivity index (χ3v) is 8.15. The van der Waals surface area contributed by atoms with E-state index in [0.29, 0.717) is 16.9 Å². The van der Waals surface area contributed by atoms with E-state index in [1.807, 2.05) is 49.3 Å². The number of nitriles is 1. The number of benzene rings is 1. The molecule has 1 aromatic rings. The summed E-state index contributed by atoms with van der Waals surface area (Å²) in [6.45, 7) is 8.75. The van der Waals surface area contributed by atoms with E-state index in [-0.39, 0.29) is 0 Å². The van der Waals surface area contributed by atoms with Crippen LogP contribution in [0.15, 0.2) is 51.2 Å². The molecule has 0 unspecified atom stereocenters. The quantitative estimate of drug-likeness (QED) is 0.751. The fourth-order valence-electron chi connectivity index (χ4n) is 2.81. The normalized spacial score (nSPS) is 16.9. The highest BCUT2D eigenvalue weighted by Gasteiger charge is 2.34. The monoisotopic (exact) mass is 328 g/mol. The van der Waals surface area contributed by atoms with Gasteiger partial charge in [-0.15, -0.1) is 0 Å². The summed E-state index contributed by atoms with van der Waals surface area (Å²) in [5, 5.41) is 9.73. The van der Waals surface area contributed by atoms with Gasteiger partial charge in [0.1, 0.15) is 17.5 Å². The van der Waals surface area contributed by atoms with Crippen LogP contribution in [0.25, 0.3) is 0 Å². The molecule has 23 heavy (non-hydrogen) atoms. The molecule has 1 heterocycles. The minimum atomic E-state index is -1.95. The summed E-state index contributed by atoms with van der Waals surface area (Å²) in [5.41, 5.74) is 3.04. The first-order chi connectivity index (χ1) is 10.8. The maximum absolute atomic E-state index is 9.73. The van der Waals surface area contributed by atoms with Crippen molar-refractivity contribution in [3.63, 3.8) is 0 Å². The Balaban J connectivity index is 2.85. The van der Waals surface area contributed by atoms with Crippen LogP contribution in [0.2, 0.25) is 0 Å². The van der Waals surface area contributed by atoms with Crippen LogP contribution in [0.4, 0.5) is 0 Å². The smallest absolute Gasteiger partial charge is 0.148 e. The van der Waals surface area contributed by atoms with Gasteiger partial charge in [-0.3, -0.25) is 0 Å². The van der Waals surface area contributed by atoms with Gasteiger partial charge in [0.05, 0.1) is 12.9 Å². The Kier molecular flexibility index (Phi) is 5.12. The largest absolute Gasteiger partial charge is 0.362 e. The lowest BCUT2D eigenvalue weighted by Crippen LogP contribution is -2.22. The highest BCUT2D eigenvalue weighted by atomic mass is 31.2. The lowest BCUT2D eigenvalue weighted by atomic mass is 10.0. The highest BCUT2D eigenvalue weighted by molar-refractivity contribution is 7.66. The Hall–Kier alpha value is -1.85. The Morgan fingerprint density at radius 3 is 2.04 bits per heavy atom. The van der Waals surface area contributed by atoms with Gasteiger partial charge in [-0.1, -0.05) is 58.0 Å². The Morgan fingerprint density at radius 2 is 1.61 bits per heavy atom. The summed E-state index contributed by atoms with van der Waals surface area (Å²) in [6, 6.07) is 12.3. The first-order valence-corrected chi connectivity index (χ1v) is 9.76. The highest BCUT2D eigenvalue weighted by Crippen LogP contribution is 2.62. The second-order valence-corrected chi connectivity index (χ2v) is 10.4. The van der Waals surface area contributed by atoms with Crippen molar-refractivity contribution in [1.29, 1.82) is 5.26 Å². The fourth-order valence-corrected chi connectivity index (χ4v) is 6.09. The maximum atomic E-state index is 9.73. The van der Waals surface area contributed by atoms with Crippen molar-refractivity contribution in [1.82, 2.24) is 4.90 Å². The molecular weight excluding hydrogens is 303 g/mol. The summed E-state index contributed by atoms with van der Waals surface area (Å²) in [6.07, 6.45) is 0. The van der Waals surface area contributed by atoms with Crippen molar-refractivity contribution in [2.75, 3.05) is 14.1 Å². The van der Waals surface area contributed by atoms with E-state index in [1.54, 1.807) is 0 Å². The molecule has 0 N–H and O–H groups in total. The second kappa shape index (κ2) is 6.72. The van der Waals surface area contributed by atoms with Crippen LogP contribution in [0.3, 0.4) is 0 Å². The van der Waals surface area contributed by atoms with Crippen LogP contribution >= 0.6 is 7.21 Å². The molecule has 0 amide bonds. The lowest BCUT2D eigenvalue weighted by Gasteiger charge is -2.34. The molecule has 0 radical (unpaired) electrons. The molecule has 0 spiro atoms. The molecule has 0 fully saturated rings. The van der Waals surface area contributed by atoms with Gasteiger partial charge in [0, 0.05) is 31.0 Å². The predicted octanol–water partition coefficient (Wildman–Crippen LogP) is 4.72. The van der Waals surface area contributed by atoms with Crippen LogP contribution < -0.4 is 0 Å². The van der Waals surface area contributed by atoms with E-state index in [4.69, 9.17) is 9.51 Å². The Morgan fingerprint density at radius 1 is 1.04 bits per heavy atom. The SMILES string of the molecule is CC(C)P1(C(C)C)=NC(N(C)C)=C(C#N)C(c2ccccc2)=N1. The molecule has 2 rings (SSSR count). The first kappa shape index (κ1) is 17.5. The predicted molar refractivity (Wildman–Crippen MR) is 98.9 cm³/mol. The zero-order valence-corrected chi connectivity index (χ0v) is 15.7. The first-order valence-electron chi connectivity index (χ1n) is 7.93. The van der Waals surface area contributed by atoms with Gasteiger partial charge in [0.15, 0.2) is 0 Å². The van der Waals surface area contributed by atoms with Crippen LogP contribution in [0.5, 0.6) is 0 Å². The second-order valence-electron chi connectivity index (χ2n) is 6.51. The van der Waals surface area contributed by atoms with Crippen molar-refractivity contribution >= 4 is 12.9 Å². The van der Waals surface area contributed by atoms with Gasteiger partial charge in [-0.2, -0.15) is 5.26 Å². The van der Waals surface area contributed by atoms with Gasteiger partial charge in [-0.25, -0.2) is 9.51 Å². The van der Waals surface area contributed by atoms with E-state index in [9.17, 15) is 5.26 Å². The maximum Gasteiger partial charge on any atom is 0.148 e. The summed E-state index contributed by atoms with van der Waals surface area (Å²) >= 11 is 0. The number of hydrogen-bond donors (Lipinski definition) is 0. The van der Waals surface area contributed by atoms with Crippen LogP contribution in [0, 0.1) is 11.3 Å². The summed E-state index contributed by atoms with van der Waals surface area (Å²) in [4.78, 5) is 1.94. The molecule has 0 saturated carbocycles. The molecule has 4 nitrogen and oxygen atoms in total. The van der Waals surface area contributed by atoms with Crippen LogP contribution in [-0.2, 0) is 0 Å². The number of nitrogens with zero attached hydrogens (tertiary/aromatic N) is 4. The minimum absolute atomic E-state index is 0.344. The van der Waals surface area contributed by atoms with E-state index < -0.39 is 7.21 Å². The topological polar surface area (TPSA) is 51.8 Å². The molecule has 1 aliphatic heterocycles. The van der Waals surface area contributed by atoms with Gasteiger partial charge in [0.2, 0.25) is 0 Å². The minimum Gasteiger partial charge on any atom is -0.362 e. The fraction of sp³-hybridized carbons (Fsp3) is 0.444. The zero-order valence-electron chi connectivity index (χ0n) is 14.8. The van der Waals surface area contributed by atoms with Crippen molar-refractivity contribution in [2.24, 2.45) is 9.51 Å². The Bertz CT molecular complexity index is 722. The molecule has 0 aromatic heterocycles. The Labute approximate surface area is 139 Å². The number of allylic oxidation sites excluding steroid dienone is 1. The van der Waals surface area contributed by atoms with Crippen molar-refractivity contribution in [3.05, 3.63) is 47.3 Å². The third-order valence-electron chi connectivity index (χ3n) is 4.08. The molecule has 1 aromatic carbocycles. The van der Waals surface area contributed by atoms with Gasteiger partial charge in [-0.05, 0) is 0 Å². The average molecular weight is 328 g/mol. The molecular formula is C18H25N4P. The number of hydrogen-bond acceptors (Lipinski definition) is 4. The molecule has 0 bridgehead atoms. The van der Waals surface area contributed by atoms with E-state index in [0.717, 1.165) is 17.1 Å². The van der Waals surface area contributed by atoms with Gasteiger partial charge >= 0.3 is 0 Å². The van der Waals surface area contributed by atoms with Crippen LogP contribution in [0.1, 0.15) is 33.3 Å². The van der Waals surface area contributed by atoms with Gasteiger partial charge < -0.3 is 4.90 Å². The zero-order chi connectivity index (χ0) is 17.2. The molecule has 0 aliphatic carbocycles. The number of rotatable bonds is 4. The van der Waals surface area contributed by atoms with E-state index in [2.05, 4.69) is 33.8 Å². The van der Waals surface area contributed by atoms with Gasteiger partial charge in [0.25, 0.3) is 0 Å². The van der Waals surface area contributed by atoms with E-state index in [1.165, 1.54) is 0 Å². The van der Waals surface area contributed by atoms with E-state index >= 15 is 0 Å². The standard InChI is InChI=1S/C18H25N4P/c1-13(2)23(14(3)4)20-17(15-10-8-7-9-11-15)16(12-19)18(21-23)22(5)6/h7-11,13-14H,1-6H3. The molecule has 0 atom stereocenters. The molecule has 122 valence electrons. The summed E-state index contributed by atoms with van der Waals surface area (Å²) < 4.78 is 10.2. The lowest BCUT2D eigenvalue weighted by molar-refractivity contribution is 0.505. The summed E-state index contributed by atoms with van der Waals surface area (Å²) in [5.74, 6) is 0.761. The average Bonchev–Trinajstić information content (AvgIpc) is 2.53. The van der Waals surface area contributed by atoms with Crippen molar-refractivity contribution < 1.29 is 0 Å². The molecule has 1 aliphatic rings. The van der Waals surface area contributed by atoms with Crippen molar-refractivity contribution in [2.45, 2.75) is 39.0 Å². The molecule has 0 saturated heterocycles.